The fourth-order valence-electron chi connectivity index (χ4n) is 6.79. The minimum absolute atomic E-state index is 0.185. The molecule has 7 N–H and O–H groups in total. The average molecular weight is 615 g/mol. The molecule has 0 saturated heterocycles. The molecular weight excluding hydrogens is 568 g/mol. The minimum Gasteiger partial charge on any atom is -0.507 e. The first-order valence-electron chi connectivity index (χ1n) is 15.9. The van der Waals surface area contributed by atoms with E-state index in [4.69, 9.17) is 11.5 Å². The van der Waals surface area contributed by atoms with E-state index in [0.29, 0.717) is 25.7 Å². The van der Waals surface area contributed by atoms with E-state index < -0.39 is 0 Å². The lowest BCUT2D eigenvalue weighted by molar-refractivity contribution is 0.454. The second-order valence-electron chi connectivity index (χ2n) is 13.3. The van der Waals surface area contributed by atoms with Gasteiger partial charge in [0, 0.05) is 37.1 Å². The Morgan fingerprint density at radius 2 is 0.587 bits per heavy atom. The Balaban J connectivity index is 1.45. The van der Waals surface area contributed by atoms with Gasteiger partial charge in [0.1, 0.15) is 17.2 Å². The van der Waals surface area contributed by atoms with Gasteiger partial charge < -0.3 is 26.8 Å². The van der Waals surface area contributed by atoms with Crippen molar-refractivity contribution in [1.29, 1.82) is 0 Å². The van der Waals surface area contributed by atoms with Crippen molar-refractivity contribution in [2.45, 2.75) is 74.1 Å². The zero-order chi connectivity index (χ0) is 33.4. The molecule has 0 radical (unpaired) electrons. The number of nitrogens with two attached hydrogens (primary N) is 2. The number of rotatable bonds is 8. The van der Waals surface area contributed by atoms with Crippen LogP contribution >= 0.6 is 0 Å². The Morgan fingerprint density at radius 1 is 0.370 bits per heavy atom. The summed E-state index contributed by atoms with van der Waals surface area (Å²) in [4.78, 5) is 0. The van der Waals surface area contributed by atoms with Crippen LogP contribution in [0.3, 0.4) is 0 Å². The van der Waals surface area contributed by atoms with Crippen molar-refractivity contribution in [2.75, 3.05) is 11.5 Å². The maximum absolute atomic E-state index is 11.6. The minimum atomic E-state index is 0.185. The van der Waals surface area contributed by atoms with E-state index in [2.05, 4.69) is 24.3 Å². The summed E-state index contributed by atoms with van der Waals surface area (Å²) in [6, 6.07) is 20.3. The van der Waals surface area contributed by atoms with E-state index in [1.54, 1.807) is 0 Å². The molecule has 0 aliphatic rings. The highest BCUT2D eigenvalue weighted by atomic mass is 16.3. The van der Waals surface area contributed by atoms with Crippen molar-refractivity contribution in [3.8, 4) is 17.2 Å². The Bertz CT molecular complexity index is 1790. The molecule has 0 aromatic heterocycles. The topological polar surface area (TPSA) is 113 Å². The van der Waals surface area contributed by atoms with E-state index in [1.807, 2.05) is 84.9 Å². The highest BCUT2D eigenvalue weighted by Crippen LogP contribution is 2.36. The van der Waals surface area contributed by atoms with E-state index in [-0.39, 0.29) is 17.2 Å². The average Bonchev–Trinajstić information content (AvgIpc) is 2.97. The van der Waals surface area contributed by atoms with Crippen LogP contribution in [0, 0.1) is 48.5 Å². The van der Waals surface area contributed by atoms with Crippen LogP contribution in [0.4, 0.5) is 11.4 Å². The van der Waals surface area contributed by atoms with Crippen molar-refractivity contribution in [3.05, 3.63) is 144 Å². The van der Waals surface area contributed by atoms with Gasteiger partial charge in [-0.3, -0.25) is 0 Å². The molecule has 238 valence electrons. The van der Waals surface area contributed by atoms with E-state index >= 15 is 0 Å². The van der Waals surface area contributed by atoms with Gasteiger partial charge in [0.2, 0.25) is 0 Å². The number of phenols is 3. The molecule has 0 amide bonds. The first kappa shape index (κ1) is 32.5. The first-order chi connectivity index (χ1) is 21.7. The molecule has 5 aromatic carbocycles. The van der Waals surface area contributed by atoms with Gasteiger partial charge in [0.15, 0.2) is 0 Å². The molecule has 0 heterocycles. The fraction of sp³-hybridized carbons (Fsp3) is 0.268. The Hall–Kier alpha value is -4.90. The van der Waals surface area contributed by atoms with Gasteiger partial charge in [-0.1, -0.05) is 77.4 Å². The van der Waals surface area contributed by atoms with Gasteiger partial charge in [0.25, 0.3) is 0 Å². The molecule has 0 atom stereocenters. The third-order valence-corrected chi connectivity index (χ3v) is 9.09. The fourth-order valence-corrected chi connectivity index (χ4v) is 6.79. The van der Waals surface area contributed by atoms with Crippen molar-refractivity contribution < 1.29 is 15.3 Å². The van der Waals surface area contributed by atoms with Crippen molar-refractivity contribution in [1.82, 2.24) is 0 Å². The molecule has 0 spiro atoms. The standard InChI is InChI=1S/C41H46N2O3/c1-22-8-31(18-29-14-25(4)37(42)26(5)15-29)39(44)33(10-22)20-35-12-24(3)13-36(41(35)46)21-34-11-23(2)9-32(40(34)45)19-30-16-27(6)38(43)28(7)17-30/h8-17,44-46H,18-21,42-43H2,1-7H3. The molecule has 0 bridgehead atoms. The number of aryl methyl sites for hydroxylation is 7. The third kappa shape index (κ3) is 6.84. The molecule has 5 nitrogen and oxygen atoms in total. The number of hydrogen-bond acceptors (Lipinski definition) is 5. The second kappa shape index (κ2) is 12.8. The molecular formula is C41H46N2O3. The van der Waals surface area contributed by atoms with Crippen LogP contribution in [0.25, 0.3) is 0 Å². The van der Waals surface area contributed by atoms with Crippen LogP contribution in [-0.2, 0) is 25.7 Å². The summed E-state index contributed by atoms with van der Waals surface area (Å²) in [5.74, 6) is 0.675. The molecule has 0 aliphatic heterocycles. The van der Waals surface area contributed by atoms with Gasteiger partial charge in [0.05, 0.1) is 0 Å². The summed E-state index contributed by atoms with van der Waals surface area (Å²) in [5.41, 5.74) is 28.0. The normalized spacial score (nSPS) is 11.3. The van der Waals surface area contributed by atoms with Gasteiger partial charge in [-0.15, -0.1) is 0 Å². The van der Waals surface area contributed by atoms with Crippen LogP contribution in [-0.4, -0.2) is 15.3 Å². The molecule has 5 aromatic rings. The highest BCUT2D eigenvalue weighted by Gasteiger charge is 2.18. The Kier molecular flexibility index (Phi) is 9.07. The maximum Gasteiger partial charge on any atom is 0.122 e. The lowest BCUT2D eigenvalue weighted by atomic mass is 9.90. The van der Waals surface area contributed by atoms with Gasteiger partial charge >= 0.3 is 0 Å². The van der Waals surface area contributed by atoms with Crippen LogP contribution in [0.1, 0.15) is 83.5 Å². The zero-order valence-electron chi connectivity index (χ0n) is 28.1. The molecule has 5 rings (SSSR count). The van der Waals surface area contributed by atoms with Crippen LogP contribution in [0.5, 0.6) is 17.2 Å². The van der Waals surface area contributed by atoms with Crippen LogP contribution in [0.2, 0.25) is 0 Å². The Morgan fingerprint density at radius 3 is 0.826 bits per heavy atom. The van der Waals surface area contributed by atoms with Gasteiger partial charge in [-0.2, -0.15) is 0 Å². The number of nitrogen functional groups attached to an aromatic ring is 2. The van der Waals surface area contributed by atoms with Crippen LogP contribution < -0.4 is 11.5 Å². The number of hydrogen-bond donors (Lipinski definition) is 5. The van der Waals surface area contributed by atoms with E-state index in [0.717, 1.165) is 94.8 Å². The molecule has 0 saturated carbocycles. The maximum atomic E-state index is 11.6. The summed E-state index contributed by atoms with van der Waals surface area (Å²) in [5, 5.41) is 34.4. The third-order valence-electron chi connectivity index (χ3n) is 9.09. The zero-order valence-corrected chi connectivity index (χ0v) is 28.1. The molecule has 0 unspecified atom stereocenters. The summed E-state index contributed by atoms with van der Waals surface area (Å²) in [7, 11) is 0. The van der Waals surface area contributed by atoms with Gasteiger partial charge in [-0.25, -0.2) is 0 Å². The van der Waals surface area contributed by atoms with Crippen molar-refractivity contribution >= 4 is 11.4 Å². The molecule has 0 fully saturated rings. The lowest BCUT2D eigenvalue weighted by Crippen LogP contribution is -2.01. The lowest BCUT2D eigenvalue weighted by Gasteiger charge is -2.17. The van der Waals surface area contributed by atoms with Gasteiger partial charge in [-0.05, 0) is 115 Å². The van der Waals surface area contributed by atoms with E-state index in [1.165, 1.54) is 0 Å². The van der Waals surface area contributed by atoms with Crippen molar-refractivity contribution in [2.24, 2.45) is 0 Å². The molecule has 0 aliphatic carbocycles. The molecule has 46 heavy (non-hydrogen) atoms. The summed E-state index contributed by atoms with van der Waals surface area (Å²) in [6.07, 6.45) is 1.92. The number of aromatic hydroxyl groups is 3. The molecule has 5 heteroatoms. The Labute approximate surface area is 273 Å². The summed E-state index contributed by atoms with van der Waals surface area (Å²) in [6.45, 7) is 14.1. The van der Waals surface area contributed by atoms with Crippen molar-refractivity contribution in [3.63, 3.8) is 0 Å². The largest absolute Gasteiger partial charge is 0.507 e. The predicted octanol–water partition coefficient (Wildman–Crippen LogP) is 8.49. The summed E-state index contributed by atoms with van der Waals surface area (Å²) < 4.78 is 0. The number of anilines is 2. The SMILES string of the molecule is Cc1cc(Cc2cc(C)c(N)c(C)c2)c(O)c(Cc2cc(C)cc(Cc3cc(C)cc(Cc4cc(C)c(N)c(C)c4)c3O)c2O)c1. The monoisotopic (exact) mass is 614 g/mol. The van der Waals surface area contributed by atoms with Crippen LogP contribution in [0.15, 0.2) is 60.7 Å². The number of benzene rings is 5. The first-order valence-corrected chi connectivity index (χ1v) is 15.9. The second-order valence-corrected chi connectivity index (χ2v) is 13.3. The van der Waals surface area contributed by atoms with E-state index in [9.17, 15) is 15.3 Å². The number of phenolic OH excluding ortho intramolecular Hbond substituents is 3. The quantitative estimate of drug-likeness (QED) is 0.113. The summed E-state index contributed by atoms with van der Waals surface area (Å²) >= 11 is 0. The smallest absolute Gasteiger partial charge is 0.122 e. The highest BCUT2D eigenvalue weighted by molar-refractivity contribution is 5.58. The predicted molar refractivity (Wildman–Crippen MR) is 190 cm³/mol.